The zero-order valence-corrected chi connectivity index (χ0v) is 15.2. The number of nitrogens with one attached hydrogen (secondary N) is 2. The molecule has 1 aliphatic rings. The highest BCUT2D eigenvalue weighted by Crippen LogP contribution is 2.29. The third-order valence-corrected chi connectivity index (χ3v) is 4.17. The highest BCUT2D eigenvalue weighted by atomic mass is 19.1. The molecule has 0 amide bonds. The van der Waals surface area contributed by atoms with Gasteiger partial charge in [-0.1, -0.05) is 6.07 Å². The van der Waals surface area contributed by atoms with Crippen molar-refractivity contribution in [2.75, 3.05) is 10.6 Å². The Labute approximate surface area is 165 Å². The lowest BCUT2D eigenvalue weighted by molar-refractivity contribution is -0.384. The molecule has 0 atom stereocenters. The van der Waals surface area contributed by atoms with E-state index in [1.165, 1.54) is 30.5 Å². The van der Waals surface area contributed by atoms with Crippen LogP contribution < -0.4 is 15.4 Å². The Kier molecular flexibility index (Phi) is 5.14. The number of benzene rings is 1. The number of pyridine rings is 1. The van der Waals surface area contributed by atoms with Gasteiger partial charge in [0.1, 0.15) is 17.8 Å². The fourth-order valence-corrected chi connectivity index (χ4v) is 2.50. The van der Waals surface area contributed by atoms with Crippen LogP contribution in [0.2, 0.25) is 0 Å². The summed E-state index contributed by atoms with van der Waals surface area (Å²) in [7, 11) is 0. The van der Waals surface area contributed by atoms with Crippen LogP contribution in [0.5, 0.6) is 11.6 Å². The summed E-state index contributed by atoms with van der Waals surface area (Å²) < 4.78 is 18.5. The van der Waals surface area contributed by atoms with Gasteiger partial charge in [-0.15, -0.1) is 0 Å². The molecule has 0 saturated heterocycles. The molecule has 1 fully saturated rings. The van der Waals surface area contributed by atoms with Gasteiger partial charge >= 0.3 is 5.69 Å². The van der Waals surface area contributed by atoms with Crippen LogP contribution >= 0.6 is 0 Å². The van der Waals surface area contributed by atoms with Crippen molar-refractivity contribution in [3.63, 3.8) is 0 Å². The number of anilines is 2. The van der Waals surface area contributed by atoms with E-state index in [1.54, 1.807) is 12.3 Å². The fourth-order valence-electron chi connectivity index (χ4n) is 2.50. The Morgan fingerprint density at radius 1 is 1.14 bits per heavy atom. The predicted molar refractivity (Wildman–Crippen MR) is 103 cm³/mol. The van der Waals surface area contributed by atoms with Crippen molar-refractivity contribution >= 4 is 17.5 Å². The average molecular weight is 396 g/mol. The third-order valence-electron chi connectivity index (χ3n) is 4.17. The van der Waals surface area contributed by atoms with E-state index in [0.717, 1.165) is 18.4 Å². The molecule has 0 unspecified atom stereocenters. The van der Waals surface area contributed by atoms with Crippen molar-refractivity contribution in [2.45, 2.75) is 25.4 Å². The number of hydrogen-bond acceptors (Lipinski definition) is 8. The quantitative estimate of drug-likeness (QED) is 0.435. The number of halogens is 1. The van der Waals surface area contributed by atoms with Crippen LogP contribution in [0.4, 0.5) is 21.8 Å². The molecule has 29 heavy (non-hydrogen) atoms. The molecule has 1 aliphatic carbocycles. The van der Waals surface area contributed by atoms with Gasteiger partial charge in [-0.2, -0.15) is 4.98 Å². The Hall–Kier alpha value is -3.82. The molecule has 0 radical (unpaired) electrons. The summed E-state index contributed by atoms with van der Waals surface area (Å²) in [4.78, 5) is 23.1. The van der Waals surface area contributed by atoms with Crippen LogP contribution in [0.1, 0.15) is 18.4 Å². The summed E-state index contributed by atoms with van der Waals surface area (Å²) in [5.41, 5.74) is 0.696. The number of rotatable bonds is 8. The van der Waals surface area contributed by atoms with Gasteiger partial charge in [0.15, 0.2) is 0 Å². The molecule has 0 spiro atoms. The number of aromatic nitrogens is 3. The van der Waals surface area contributed by atoms with Gasteiger partial charge in [0.05, 0.1) is 4.92 Å². The summed E-state index contributed by atoms with van der Waals surface area (Å²) in [5.74, 6) is 1.03. The highest BCUT2D eigenvalue weighted by Gasteiger charge is 2.26. The van der Waals surface area contributed by atoms with E-state index >= 15 is 0 Å². The van der Waals surface area contributed by atoms with Crippen LogP contribution in [0.3, 0.4) is 0 Å². The largest absolute Gasteiger partial charge is 0.439 e. The molecule has 2 N–H and O–H groups in total. The van der Waals surface area contributed by atoms with Gasteiger partial charge in [0.2, 0.25) is 17.6 Å². The second-order valence-corrected chi connectivity index (χ2v) is 6.52. The van der Waals surface area contributed by atoms with Gasteiger partial charge in [-0.25, -0.2) is 14.4 Å². The molecule has 0 bridgehead atoms. The standard InChI is InChI=1S/C19H17FN6O3/c20-13-2-6-15(7-3-13)29-17-8-1-12(9-21-17)10-22-19-23-11-16(26(27)28)18(25-19)24-14-4-5-14/h1-3,6-9,11,14H,4-5,10H2,(H2,22,23,24,25). The molecular formula is C19H17FN6O3. The van der Waals surface area contributed by atoms with Gasteiger partial charge in [-0.3, -0.25) is 10.1 Å². The van der Waals surface area contributed by atoms with Gasteiger partial charge < -0.3 is 15.4 Å². The maximum absolute atomic E-state index is 12.9. The minimum atomic E-state index is -0.502. The zero-order valence-electron chi connectivity index (χ0n) is 15.2. The monoisotopic (exact) mass is 396 g/mol. The van der Waals surface area contributed by atoms with Crippen molar-refractivity contribution in [1.82, 2.24) is 15.0 Å². The first-order valence-electron chi connectivity index (χ1n) is 8.97. The van der Waals surface area contributed by atoms with E-state index in [-0.39, 0.29) is 29.3 Å². The molecule has 148 valence electrons. The lowest BCUT2D eigenvalue weighted by Gasteiger charge is -2.09. The first-order chi connectivity index (χ1) is 14.1. The Morgan fingerprint density at radius 3 is 2.59 bits per heavy atom. The van der Waals surface area contributed by atoms with Crippen molar-refractivity contribution < 1.29 is 14.1 Å². The van der Waals surface area contributed by atoms with E-state index in [2.05, 4.69) is 25.6 Å². The third kappa shape index (κ3) is 4.92. The molecule has 2 aromatic heterocycles. The summed E-state index contributed by atoms with van der Waals surface area (Å²) in [5, 5.41) is 17.2. The zero-order chi connectivity index (χ0) is 20.2. The number of nitro groups is 1. The maximum atomic E-state index is 12.9. The van der Waals surface area contributed by atoms with Crippen LogP contribution in [-0.4, -0.2) is 25.9 Å². The molecular weight excluding hydrogens is 379 g/mol. The summed E-state index contributed by atoms with van der Waals surface area (Å²) in [6.45, 7) is 0.379. The van der Waals surface area contributed by atoms with Gasteiger partial charge in [0.25, 0.3) is 0 Å². The van der Waals surface area contributed by atoms with Gasteiger partial charge in [-0.05, 0) is 42.7 Å². The SMILES string of the molecule is O=[N+]([O-])c1cnc(NCc2ccc(Oc3ccc(F)cc3)nc2)nc1NC1CC1. The van der Waals surface area contributed by atoms with Crippen molar-refractivity contribution in [2.24, 2.45) is 0 Å². The van der Waals surface area contributed by atoms with Crippen LogP contribution in [0, 0.1) is 15.9 Å². The average Bonchev–Trinajstić information content (AvgIpc) is 3.53. The first-order valence-corrected chi connectivity index (χ1v) is 8.97. The van der Waals surface area contributed by atoms with Crippen molar-refractivity contribution in [3.8, 4) is 11.6 Å². The molecule has 4 rings (SSSR count). The van der Waals surface area contributed by atoms with E-state index in [9.17, 15) is 14.5 Å². The molecule has 1 aromatic carbocycles. The second kappa shape index (κ2) is 8.05. The number of ether oxygens (including phenoxy) is 1. The second-order valence-electron chi connectivity index (χ2n) is 6.52. The number of nitrogens with zero attached hydrogens (tertiary/aromatic N) is 4. The first kappa shape index (κ1) is 18.5. The summed E-state index contributed by atoms with van der Waals surface area (Å²) in [6, 6.07) is 9.39. The Morgan fingerprint density at radius 2 is 1.93 bits per heavy atom. The Bertz CT molecular complexity index is 1010. The summed E-state index contributed by atoms with van der Waals surface area (Å²) >= 11 is 0. The molecule has 10 heteroatoms. The van der Waals surface area contributed by atoms with Crippen molar-refractivity contribution in [3.05, 3.63) is 70.3 Å². The highest BCUT2D eigenvalue weighted by molar-refractivity contribution is 5.58. The van der Waals surface area contributed by atoms with Crippen LogP contribution in [-0.2, 0) is 6.54 Å². The van der Waals surface area contributed by atoms with Crippen LogP contribution in [0.15, 0.2) is 48.8 Å². The number of hydrogen-bond donors (Lipinski definition) is 2. The Balaban J connectivity index is 1.38. The lowest BCUT2D eigenvalue weighted by atomic mass is 10.3. The topological polar surface area (TPSA) is 115 Å². The maximum Gasteiger partial charge on any atom is 0.329 e. The normalized spacial score (nSPS) is 13.0. The predicted octanol–water partition coefficient (Wildman–Crippen LogP) is 3.90. The fraction of sp³-hybridized carbons (Fsp3) is 0.211. The molecule has 3 aromatic rings. The molecule has 1 saturated carbocycles. The minimum absolute atomic E-state index is 0.147. The van der Waals surface area contributed by atoms with Gasteiger partial charge in [0, 0.05) is 24.8 Å². The minimum Gasteiger partial charge on any atom is -0.439 e. The van der Waals surface area contributed by atoms with Crippen LogP contribution in [0.25, 0.3) is 0 Å². The van der Waals surface area contributed by atoms with E-state index in [4.69, 9.17) is 4.74 Å². The van der Waals surface area contributed by atoms with Crippen molar-refractivity contribution in [1.29, 1.82) is 0 Å². The summed E-state index contributed by atoms with van der Waals surface area (Å²) in [6.07, 6.45) is 4.77. The lowest BCUT2D eigenvalue weighted by Crippen LogP contribution is -2.10. The molecule has 9 nitrogen and oxygen atoms in total. The van der Waals surface area contributed by atoms with E-state index < -0.39 is 4.92 Å². The molecule has 0 aliphatic heterocycles. The smallest absolute Gasteiger partial charge is 0.329 e. The van der Waals surface area contributed by atoms with E-state index in [1.807, 2.05) is 6.07 Å². The van der Waals surface area contributed by atoms with E-state index in [0.29, 0.717) is 18.2 Å². The molecule has 2 heterocycles.